The predicted molar refractivity (Wildman–Crippen MR) is 112 cm³/mol. The van der Waals surface area contributed by atoms with Gasteiger partial charge in [0.25, 0.3) is 5.56 Å². The van der Waals surface area contributed by atoms with Crippen LogP contribution in [0.2, 0.25) is 0 Å². The van der Waals surface area contributed by atoms with Gasteiger partial charge in [-0.25, -0.2) is 4.98 Å². The van der Waals surface area contributed by atoms with Crippen LogP contribution in [0.1, 0.15) is 75.5 Å². The Morgan fingerprint density at radius 2 is 1.89 bits per heavy atom. The van der Waals surface area contributed by atoms with Crippen molar-refractivity contribution in [2.75, 3.05) is 5.75 Å². The maximum Gasteiger partial charge on any atom is 0.258 e. The molecule has 0 bridgehead atoms. The number of hydrogen-bond acceptors (Lipinski definition) is 3. The first-order valence-electron chi connectivity index (χ1n) is 10.6. The van der Waals surface area contributed by atoms with E-state index in [0.717, 1.165) is 54.3 Å². The minimum atomic E-state index is 0.0174. The third kappa shape index (κ3) is 2.71. The molecule has 1 aromatic heterocycles. The van der Waals surface area contributed by atoms with Crippen molar-refractivity contribution in [1.82, 2.24) is 9.55 Å². The van der Waals surface area contributed by atoms with E-state index in [-0.39, 0.29) is 11.0 Å². The van der Waals surface area contributed by atoms with Crippen LogP contribution >= 0.6 is 11.8 Å². The van der Waals surface area contributed by atoms with Gasteiger partial charge < -0.3 is 0 Å². The number of benzene rings is 1. The van der Waals surface area contributed by atoms with Crippen molar-refractivity contribution in [3.05, 3.63) is 45.7 Å². The van der Waals surface area contributed by atoms with Gasteiger partial charge in [0.2, 0.25) is 0 Å². The lowest BCUT2D eigenvalue weighted by Crippen LogP contribution is -2.41. The summed E-state index contributed by atoms with van der Waals surface area (Å²) in [5.74, 6) is 0.949. The van der Waals surface area contributed by atoms with Crippen LogP contribution in [-0.4, -0.2) is 15.3 Å². The Hall–Kier alpha value is -1.55. The van der Waals surface area contributed by atoms with E-state index in [1.54, 1.807) is 11.8 Å². The smallest absolute Gasteiger partial charge is 0.258 e. The Bertz CT molecular complexity index is 920. The lowest BCUT2D eigenvalue weighted by molar-refractivity contribution is 0.395. The molecule has 3 aliphatic rings. The van der Waals surface area contributed by atoms with Crippen LogP contribution in [0.3, 0.4) is 0 Å². The van der Waals surface area contributed by atoms with Gasteiger partial charge in [-0.15, -0.1) is 0 Å². The third-order valence-electron chi connectivity index (χ3n) is 6.94. The molecule has 27 heavy (non-hydrogen) atoms. The van der Waals surface area contributed by atoms with E-state index in [1.807, 2.05) is 0 Å². The van der Waals surface area contributed by atoms with Crippen LogP contribution in [0, 0.1) is 0 Å². The van der Waals surface area contributed by atoms with Crippen molar-refractivity contribution >= 4 is 11.8 Å². The molecule has 1 heterocycles. The van der Waals surface area contributed by atoms with Crippen LogP contribution in [0.15, 0.2) is 34.2 Å². The summed E-state index contributed by atoms with van der Waals surface area (Å²) in [6.07, 6.45) is 10.5. The van der Waals surface area contributed by atoms with E-state index >= 15 is 0 Å². The molecular formula is C23H28N2OS. The Morgan fingerprint density at radius 3 is 2.63 bits per heavy atom. The van der Waals surface area contributed by atoms with Crippen LogP contribution < -0.4 is 5.56 Å². The van der Waals surface area contributed by atoms with Gasteiger partial charge in [-0.1, -0.05) is 68.6 Å². The summed E-state index contributed by atoms with van der Waals surface area (Å²) in [5.41, 5.74) is 4.91. The fraction of sp³-hybridized carbons (Fsp3) is 0.565. The van der Waals surface area contributed by atoms with Gasteiger partial charge >= 0.3 is 0 Å². The van der Waals surface area contributed by atoms with Crippen molar-refractivity contribution in [2.45, 2.75) is 81.3 Å². The van der Waals surface area contributed by atoms with Gasteiger partial charge in [-0.05, 0) is 43.4 Å². The number of hydrogen-bond donors (Lipinski definition) is 0. The molecule has 3 aliphatic carbocycles. The average Bonchev–Trinajstić information content (AvgIpc) is 3.35. The number of aromatic nitrogens is 2. The summed E-state index contributed by atoms with van der Waals surface area (Å²) in [4.78, 5) is 19.2. The molecule has 4 heteroatoms. The van der Waals surface area contributed by atoms with Gasteiger partial charge in [0.1, 0.15) is 0 Å². The molecule has 0 amide bonds. The highest BCUT2D eigenvalue weighted by Gasteiger charge is 2.45. The van der Waals surface area contributed by atoms with Crippen molar-refractivity contribution in [3.63, 3.8) is 0 Å². The van der Waals surface area contributed by atoms with Crippen molar-refractivity contribution in [1.29, 1.82) is 0 Å². The SMILES string of the molecule is CCSc1nc2c(c(=O)n1C1CCCC1)C1(CCCC1)Cc1ccccc1-2. The van der Waals surface area contributed by atoms with Crippen LogP contribution in [-0.2, 0) is 11.8 Å². The fourth-order valence-corrected chi connectivity index (χ4v) is 6.52. The molecule has 2 aromatic rings. The molecule has 0 saturated heterocycles. The standard InChI is InChI=1S/C23H28N2OS/c1-2-27-22-24-20-18-12-6-3-9-16(18)15-23(13-7-8-14-23)19(20)21(26)25(22)17-10-4-5-11-17/h3,6,9,12,17H,2,4-5,7-8,10-11,13-15H2,1H3. The Morgan fingerprint density at radius 1 is 1.15 bits per heavy atom. The van der Waals surface area contributed by atoms with Gasteiger partial charge in [0.05, 0.1) is 11.3 Å². The molecule has 3 nitrogen and oxygen atoms in total. The van der Waals surface area contributed by atoms with Gasteiger partial charge in [0.15, 0.2) is 5.16 Å². The molecule has 2 fully saturated rings. The molecular weight excluding hydrogens is 352 g/mol. The summed E-state index contributed by atoms with van der Waals surface area (Å²) in [5, 5.41) is 0.943. The van der Waals surface area contributed by atoms with E-state index in [9.17, 15) is 4.79 Å². The highest BCUT2D eigenvalue weighted by atomic mass is 32.2. The van der Waals surface area contributed by atoms with Crippen LogP contribution in [0.25, 0.3) is 11.3 Å². The van der Waals surface area contributed by atoms with E-state index in [4.69, 9.17) is 4.98 Å². The normalized spacial score (nSPS) is 20.8. The second-order valence-corrected chi connectivity index (χ2v) is 9.72. The van der Waals surface area contributed by atoms with Crippen molar-refractivity contribution in [2.24, 2.45) is 0 Å². The topological polar surface area (TPSA) is 34.9 Å². The van der Waals surface area contributed by atoms with Crippen LogP contribution in [0.4, 0.5) is 0 Å². The van der Waals surface area contributed by atoms with E-state index in [0.29, 0.717) is 6.04 Å². The average molecular weight is 381 g/mol. The molecule has 0 aliphatic heterocycles. The summed E-state index contributed by atoms with van der Waals surface area (Å²) < 4.78 is 2.11. The minimum Gasteiger partial charge on any atom is -0.284 e. The van der Waals surface area contributed by atoms with Crippen molar-refractivity contribution < 1.29 is 0 Å². The first kappa shape index (κ1) is 17.5. The molecule has 0 radical (unpaired) electrons. The lowest BCUT2D eigenvalue weighted by Gasteiger charge is -2.37. The van der Waals surface area contributed by atoms with Crippen LogP contribution in [0.5, 0.6) is 0 Å². The van der Waals surface area contributed by atoms with Gasteiger partial charge in [-0.2, -0.15) is 0 Å². The molecule has 2 saturated carbocycles. The Labute approximate surface area is 165 Å². The number of nitrogens with zero attached hydrogens (tertiary/aromatic N) is 2. The molecule has 0 atom stereocenters. The first-order chi connectivity index (χ1) is 13.2. The maximum absolute atomic E-state index is 14.0. The maximum atomic E-state index is 14.0. The molecule has 5 rings (SSSR count). The molecule has 0 unspecified atom stereocenters. The van der Waals surface area contributed by atoms with E-state index in [1.165, 1.54) is 36.8 Å². The summed E-state index contributed by atoms with van der Waals surface area (Å²) >= 11 is 1.73. The van der Waals surface area contributed by atoms with E-state index in [2.05, 4.69) is 35.8 Å². The summed E-state index contributed by atoms with van der Waals surface area (Å²) in [6, 6.07) is 8.98. The largest absolute Gasteiger partial charge is 0.284 e. The second-order valence-electron chi connectivity index (χ2n) is 8.49. The molecule has 142 valence electrons. The zero-order chi connectivity index (χ0) is 18.4. The minimum absolute atomic E-state index is 0.0174. The van der Waals surface area contributed by atoms with Crippen molar-refractivity contribution in [3.8, 4) is 11.3 Å². The molecule has 1 aromatic carbocycles. The predicted octanol–water partition coefficient (Wildman–Crippen LogP) is 5.51. The Balaban J connectivity index is 1.80. The van der Waals surface area contributed by atoms with Gasteiger partial charge in [0, 0.05) is 17.0 Å². The lowest BCUT2D eigenvalue weighted by atomic mass is 9.68. The molecule has 1 spiro atoms. The summed E-state index contributed by atoms with van der Waals surface area (Å²) in [7, 11) is 0. The number of rotatable bonds is 3. The van der Waals surface area contributed by atoms with Gasteiger partial charge in [-0.3, -0.25) is 9.36 Å². The second kappa shape index (κ2) is 6.80. The zero-order valence-corrected chi connectivity index (χ0v) is 17.0. The third-order valence-corrected chi connectivity index (χ3v) is 7.77. The van der Waals surface area contributed by atoms with E-state index < -0.39 is 0 Å². The zero-order valence-electron chi connectivity index (χ0n) is 16.2. The highest BCUT2D eigenvalue weighted by Crippen LogP contribution is 2.50. The summed E-state index contributed by atoms with van der Waals surface area (Å²) in [6.45, 7) is 2.15. The highest BCUT2D eigenvalue weighted by molar-refractivity contribution is 7.99. The fourth-order valence-electron chi connectivity index (χ4n) is 5.74. The Kier molecular flexibility index (Phi) is 4.42. The first-order valence-corrected chi connectivity index (χ1v) is 11.6. The monoisotopic (exact) mass is 380 g/mol. The molecule has 0 N–H and O–H groups in total. The quantitative estimate of drug-likeness (QED) is 0.520. The number of thioether (sulfide) groups is 1. The number of fused-ring (bicyclic) bond motifs is 4.